The smallest absolute Gasteiger partial charge is 0.354 e. The van der Waals surface area contributed by atoms with E-state index >= 15 is 0 Å². The standard InChI is InChI=1S/C32H32FN7O7/c1-14-16(31(44)47-32(2,3)4)5-6-17-21(38-29(41)24-10-23(30(42)43)37-28-20(33)12-35-40(24)28)9-18(26(14)17)19-7-15(11-34)8-22-27(19)46-13-25(36-22)39-45/h5-8,10,12,18,21,45H,9,11,13,34H2,1-4H3,(H,36,39)(H,38,41)(H,42,43)/t18?,21-/m0/s1. The van der Waals surface area contributed by atoms with Crippen molar-refractivity contribution in [3.63, 3.8) is 0 Å². The fourth-order valence-electron chi connectivity index (χ4n) is 6.10. The van der Waals surface area contributed by atoms with Crippen molar-refractivity contribution in [2.75, 3.05) is 6.61 Å². The number of aromatic carboxylic acids is 1. The maximum atomic E-state index is 14.4. The first kappa shape index (κ1) is 31.6. The second kappa shape index (κ2) is 11.7. The molecule has 14 nitrogen and oxygen atoms in total. The topological polar surface area (TPSA) is 203 Å². The number of carbonyl (C=O) groups is 3. The Morgan fingerprint density at radius 2 is 1.96 bits per heavy atom. The van der Waals surface area contributed by atoms with Crippen LogP contribution >= 0.6 is 0 Å². The molecule has 1 unspecified atom stereocenters. The highest BCUT2D eigenvalue weighted by atomic mass is 19.1. The van der Waals surface area contributed by atoms with E-state index in [-0.39, 0.29) is 24.7 Å². The zero-order valence-electron chi connectivity index (χ0n) is 25.9. The minimum atomic E-state index is -1.44. The molecular formula is C32H32FN7O7. The van der Waals surface area contributed by atoms with Crippen molar-refractivity contribution in [2.24, 2.45) is 10.7 Å². The Morgan fingerprint density at radius 1 is 1.19 bits per heavy atom. The van der Waals surface area contributed by atoms with Crippen LogP contribution < -0.4 is 21.3 Å². The molecule has 0 radical (unpaired) electrons. The van der Waals surface area contributed by atoms with E-state index in [1.54, 1.807) is 45.9 Å². The molecule has 47 heavy (non-hydrogen) atoms. The van der Waals surface area contributed by atoms with Gasteiger partial charge in [0.05, 0.1) is 17.8 Å². The van der Waals surface area contributed by atoms with Crippen LogP contribution in [0, 0.1) is 12.7 Å². The number of nitrogens with zero attached hydrogens (tertiary/aromatic N) is 4. The Labute approximate surface area is 267 Å². The number of rotatable bonds is 6. The molecule has 0 spiro atoms. The number of carboxylic acids is 1. The predicted molar refractivity (Wildman–Crippen MR) is 165 cm³/mol. The first-order valence-corrected chi connectivity index (χ1v) is 14.7. The van der Waals surface area contributed by atoms with Crippen molar-refractivity contribution in [1.29, 1.82) is 0 Å². The van der Waals surface area contributed by atoms with Gasteiger partial charge in [0.1, 0.15) is 29.3 Å². The third kappa shape index (κ3) is 5.74. The molecular weight excluding hydrogens is 613 g/mol. The number of hydroxylamine groups is 1. The van der Waals surface area contributed by atoms with Gasteiger partial charge in [0.2, 0.25) is 0 Å². The number of nitrogens with two attached hydrogens (primary N) is 1. The van der Waals surface area contributed by atoms with Crippen molar-refractivity contribution in [1.82, 2.24) is 25.4 Å². The average Bonchev–Trinajstić information content (AvgIpc) is 3.59. The van der Waals surface area contributed by atoms with E-state index in [4.69, 9.17) is 15.2 Å². The molecule has 0 saturated heterocycles. The van der Waals surface area contributed by atoms with Gasteiger partial charge in [-0.05, 0) is 68.5 Å². The Bertz CT molecular complexity index is 2000. The van der Waals surface area contributed by atoms with Crippen LogP contribution in [0.15, 0.2) is 41.5 Å². The van der Waals surface area contributed by atoms with Crippen LogP contribution in [0.5, 0.6) is 5.75 Å². The number of nitrogens with one attached hydrogen (secondary N) is 2. The third-order valence-corrected chi connectivity index (χ3v) is 8.06. The monoisotopic (exact) mass is 645 g/mol. The Hall–Kier alpha value is -5.41. The lowest BCUT2D eigenvalue weighted by molar-refractivity contribution is 0.00682. The maximum Gasteiger partial charge on any atom is 0.354 e. The van der Waals surface area contributed by atoms with Crippen LogP contribution in [0.4, 0.5) is 10.1 Å². The lowest BCUT2D eigenvalue weighted by Crippen LogP contribution is -2.30. The number of aliphatic imine (C=N–C) groups is 1. The van der Waals surface area contributed by atoms with Gasteiger partial charge in [-0.25, -0.2) is 28.5 Å². The molecule has 2 atom stereocenters. The van der Waals surface area contributed by atoms with Gasteiger partial charge in [0, 0.05) is 24.1 Å². The molecule has 0 bridgehead atoms. The Morgan fingerprint density at radius 3 is 2.64 bits per heavy atom. The fraction of sp³-hybridized carbons (Fsp3) is 0.312. The van der Waals surface area contributed by atoms with Crippen LogP contribution in [-0.4, -0.2) is 60.8 Å². The summed E-state index contributed by atoms with van der Waals surface area (Å²) in [6, 6.07) is 7.42. The molecule has 2 aromatic heterocycles. The quantitative estimate of drug-likeness (QED) is 0.151. The second-order valence-electron chi connectivity index (χ2n) is 12.3. The zero-order valence-corrected chi connectivity index (χ0v) is 25.9. The third-order valence-electron chi connectivity index (χ3n) is 8.06. The van der Waals surface area contributed by atoms with Crippen LogP contribution in [0.1, 0.15) is 98.3 Å². The van der Waals surface area contributed by atoms with Gasteiger partial charge in [-0.1, -0.05) is 12.1 Å². The molecule has 6 N–H and O–H groups in total. The SMILES string of the molecule is Cc1c(C(=O)OC(C)(C)C)ccc2c1C(c1cc(CN)cc3c1OCC(NO)=N3)C[C@@H]2NC(=O)c1cc(C(=O)O)nc2c(F)cnn12. The first-order valence-electron chi connectivity index (χ1n) is 14.7. The van der Waals surface area contributed by atoms with Crippen LogP contribution in [0.2, 0.25) is 0 Å². The van der Waals surface area contributed by atoms with E-state index in [1.807, 2.05) is 11.5 Å². The van der Waals surface area contributed by atoms with Gasteiger partial charge in [-0.15, -0.1) is 0 Å². The van der Waals surface area contributed by atoms with E-state index in [0.29, 0.717) is 40.1 Å². The first-order chi connectivity index (χ1) is 22.3. The number of hydrogen-bond donors (Lipinski definition) is 5. The van der Waals surface area contributed by atoms with Crippen LogP contribution in [-0.2, 0) is 11.3 Å². The maximum absolute atomic E-state index is 14.4. The second-order valence-corrected chi connectivity index (χ2v) is 12.3. The van der Waals surface area contributed by atoms with Crippen molar-refractivity contribution in [3.05, 3.63) is 87.1 Å². The highest BCUT2D eigenvalue weighted by Crippen LogP contribution is 2.51. The van der Waals surface area contributed by atoms with E-state index < -0.39 is 52.6 Å². The molecule has 6 rings (SSSR count). The highest BCUT2D eigenvalue weighted by Gasteiger charge is 2.39. The Kier molecular flexibility index (Phi) is 7.89. The molecule has 2 aliphatic rings. The number of ether oxygens (including phenoxy) is 2. The largest absolute Gasteiger partial charge is 0.483 e. The molecule has 0 fully saturated rings. The highest BCUT2D eigenvalue weighted by molar-refractivity contribution is 5.97. The van der Waals surface area contributed by atoms with Crippen molar-refractivity contribution >= 4 is 35.0 Å². The number of carboxylic acid groups (broad SMARTS) is 1. The summed E-state index contributed by atoms with van der Waals surface area (Å²) in [6.45, 7) is 7.28. The minimum absolute atomic E-state index is 0.0282. The minimum Gasteiger partial charge on any atom is -0.483 e. The number of carbonyl (C=O) groups excluding carboxylic acids is 2. The van der Waals surface area contributed by atoms with Crippen LogP contribution in [0.3, 0.4) is 0 Å². The van der Waals surface area contributed by atoms with Gasteiger partial charge in [0.25, 0.3) is 5.91 Å². The summed E-state index contributed by atoms with van der Waals surface area (Å²) in [6.07, 6.45) is 1.15. The molecule has 1 amide bonds. The summed E-state index contributed by atoms with van der Waals surface area (Å²) in [5.74, 6) is -3.33. The van der Waals surface area contributed by atoms with E-state index in [1.165, 1.54) is 0 Å². The van der Waals surface area contributed by atoms with Gasteiger partial charge in [0.15, 0.2) is 23.0 Å². The molecule has 0 saturated carbocycles. The van der Waals surface area contributed by atoms with E-state index in [2.05, 4.69) is 20.4 Å². The van der Waals surface area contributed by atoms with Crippen molar-refractivity contribution in [3.8, 4) is 5.75 Å². The average molecular weight is 646 g/mol. The summed E-state index contributed by atoms with van der Waals surface area (Å²) in [4.78, 5) is 47.1. The molecule has 15 heteroatoms. The number of fused-ring (bicyclic) bond motifs is 3. The summed E-state index contributed by atoms with van der Waals surface area (Å²) in [5.41, 5.74) is 10.5. The summed E-state index contributed by atoms with van der Waals surface area (Å²) >= 11 is 0. The lowest BCUT2D eigenvalue weighted by Gasteiger charge is -2.25. The number of benzene rings is 2. The normalized spacial score (nSPS) is 17.0. The van der Waals surface area contributed by atoms with Gasteiger partial charge < -0.3 is 25.6 Å². The molecule has 4 aromatic rings. The van der Waals surface area contributed by atoms with Gasteiger partial charge in [-0.2, -0.15) is 5.10 Å². The predicted octanol–water partition coefficient (Wildman–Crippen LogP) is 3.70. The number of amides is 1. The van der Waals surface area contributed by atoms with Crippen molar-refractivity contribution in [2.45, 2.75) is 58.2 Å². The van der Waals surface area contributed by atoms with Gasteiger partial charge in [-0.3, -0.25) is 15.5 Å². The molecule has 244 valence electrons. The summed E-state index contributed by atoms with van der Waals surface area (Å²) < 4.78 is 27.1. The number of hydrogen-bond acceptors (Lipinski definition) is 11. The summed E-state index contributed by atoms with van der Waals surface area (Å²) in [7, 11) is 0. The van der Waals surface area contributed by atoms with Crippen LogP contribution in [0.25, 0.3) is 5.65 Å². The zero-order chi connectivity index (χ0) is 33.8. The summed E-state index contributed by atoms with van der Waals surface area (Å²) in [5, 5.41) is 25.9. The Balaban J connectivity index is 1.48. The molecule has 3 heterocycles. The number of amidine groups is 1. The number of esters is 1. The van der Waals surface area contributed by atoms with E-state index in [0.717, 1.165) is 27.9 Å². The molecule has 1 aliphatic carbocycles. The fourth-order valence-corrected chi connectivity index (χ4v) is 6.10. The van der Waals surface area contributed by atoms with Crippen molar-refractivity contribution < 1.29 is 38.6 Å². The number of halogens is 1. The van der Waals surface area contributed by atoms with E-state index in [9.17, 15) is 29.1 Å². The molecule has 1 aliphatic heterocycles. The lowest BCUT2D eigenvalue weighted by atomic mass is 9.86. The number of aromatic nitrogens is 3. The van der Waals surface area contributed by atoms with Gasteiger partial charge >= 0.3 is 11.9 Å². The molecule has 2 aromatic carbocycles.